The molecule has 1 aromatic carbocycles. The van der Waals surface area contributed by atoms with E-state index in [1.165, 1.54) is 0 Å². The van der Waals surface area contributed by atoms with Crippen LogP contribution in [0.3, 0.4) is 0 Å². The quantitative estimate of drug-likeness (QED) is 0.506. The van der Waals surface area contributed by atoms with E-state index in [2.05, 4.69) is 5.32 Å². The van der Waals surface area contributed by atoms with E-state index < -0.39 is 6.04 Å². The monoisotopic (exact) mass is 450 g/mol. The fourth-order valence-corrected chi connectivity index (χ4v) is 4.98. The standard InChI is InChI=1S/C26H30N2O3S/c1-17-10-12-21(15-18(17)2)28(24(29)16-22-9-6-14-32-22)25(23-13-11-19(3)31-23)26(30)27-20-7-4-5-8-20/h6,9-15,20,25H,4-5,7-8,16H2,1-3H3,(H,27,30)/t25-/m1/s1. The number of nitrogens with one attached hydrogen (secondary N) is 1. The third-order valence-electron chi connectivity index (χ3n) is 6.18. The first-order valence-corrected chi connectivity index (χ1v) is 12.1. The van der Waals surface area contributed by atoms with E-state index in [1.54, 1.807) is 22.3 Å². The summed E-state index contributed by atoms with van der Waals surface area (Å²) in [7, 11) is 0. The van der Waals surface area contributed by atoms with Crippen molar-refractivity contribution < 1.29 is 14.0 Å². The smallest absolute Gasteiger partial charge is 0.251 e. The largest absolute Gasteiger partial charge is 0.464 e. The highest BCUT2D eigenvalue weighted by molar-refractivity contribution is 7.10. The van der Waals surface area contributed by atoms with Gasteiger partial charge in [-0.3, -0.25) is 14.5 Å². The van der Waals surface area contributed by atoms with Crippen molar-refractivity contribution in [2.24, 2.45) is 0 Å². The normalized spacial score (nSPS) is 15.0. The Balaban J connectivity index is 1.76. The molecule has 2 heterocycles. The van der Waals surface area contributed by atoms with Gasteiger partial charge in [-0.25, -0.2) is 0 Å². The van der Waals surface area contributed by atoms with Crippen LogP contribution >= 0.6 is 11.3 Å². The van der Waals surface area contributed by atoms with Crippen LogP contribution in [-0.2, 0) is 16.0 Å². The van der Waals surface area contributed by atoms with Gasteiger partial charge >= 0.3 is 0 Å². The van der Waals surface area contributed by atoms with Crippen LogP contribution in [0.5, 0.6) is 0 Å². The van der Waals surface area contributed by atoms with Gasteiger partial charge in [-0.05, 0) is 80.5 Å². The summed E-state index contributed by atoms with van der Waals surface area (Å²) in [5.41, 5.74) is 2.91. The Kier molecular flexibility index (Phi) is 6.80. The van der Waals surface area contributed by atoms with Gasteiger partial charge in [0.2, 0.25) is 5.91 Å². The van der Waals surface area contributed by atoms with Crippen LogP contribution in [0, 0.1) is 20.8 Å². The number of hydrogen-bond donors (Lipinski definition) is 1. The molecule has 1 aliphatic rings. The third-order valence-corrected chi connectivity index (χ3v) is 7.06. The number of rotatable bonds is 7. The Labute approximate surface area is 193 Å². The number of hydrogen-bond acceptors (Lipinski definition) is 4. The second kappa shape index (κ2) is 9.74. The molecule has 0 bridgehead atoms. The van der Waals surface area contributed by atoms with Crippen LogP contribution < -0.4 is 10.2 Å². The van der Waals surface area contributed by atoms with E-state index in [4.69, 9.17) is 4.42 Å². The number of thiophene rings is 1. The second-order valence-corrected chi connectivity index (χ2v) is 9.66. The molecule has 0 saturated heterocycles. The molecular formula is C26H30N2O3S. The third kappa shape index (κ3) is 4.96. The van der Waals surface area contributed by atoms with Crippen molar-refractivity contribution in [3.05, 3.63) is 75.4 Å². The van der Waals surface area contributed by atoms with E-state index >= 15 is 0 Å². The topological polar surface area (TPSA) is 62.6 Å². The maximum absolute atomic E-state index is 13.7. The number of amides is 2. The van der Waals surface area contributed by atoms with Crippen molar-refractivity contribution >= 4 is 28.8 Å². The minimum absolute atomic E-state index is 0.128. The summed E-state index contributed by atoms with van der Waals surface area (Å²) in [5, 5.41) is 5.15. The van der Waals surface area contributed by atoms with Crippen LogP contribution in [0.4, 0.5) is 5.69 Å². The second-order valence-electron chi connectivity index (χ2n) is 8.63. The minimum atomic E-state index is -0.862. The average Bonchev–Trinajstić information content (AvgIpc) is 3.52. The number of carbonyl (C=O) groups excluding carboxylic acids is 2. The number of benzene rings is 1. The average molecular weight is 451 g/mol. The summed E-state index contributed by atoms with van der Waals surface area (Å²) in [6, 6.07) is 12.7. The first-order valence-electron chi connectivity index (χ1n) is 11.2. The predicted octanol–water partition coefficient (Wildman–Crippen LogP) is 5.64. The molecule has 0 spiro atoms. The molecule has 1 atom stereocenters. The lowest BCUT2D eigenvalue weighted by Crippen LogP contribution is -2.46. The Morgan fingerprint density at radius 2 is 1.88 bits per heavy atom. The predicted molar refractivity (Wildman–Crippen MR) is 128 cm³/mol. The highest BCUT2D eigenvalue weighted by Crippen LogP contribution is 2.32. The number of aryl methyl sites for hydroxylation is 3. The molecule has 4 rings (SSSR count). The molecule has 1 aliphatic carbocycles. The molecule has 32 heavy (non-hydrogen) atoms. The SMILES string of the molecule is Cc1ccc([C@H](C(=O)NC2CCCC2)N(C(=O)Cc2cccs2)c2ccc(C)c(C)c2)o1. The molecule has 0 aliphatic heterocycles. The Hall–Kier alpha value is -2.86. The van der Waals surface area contributed by atoms with E-state index in [0.29, 0.717) is 17.2 Å². The van der Waals surface area contributed by atoms with Crippen LogP contribution in [0.1, 0.15) is 59.2 Å². The van der Waals surface area contributed by atoms with Gasteiger partial charge in [0.1, 0.15) is 11.5 Å². The van der Waals surface area contributed by atoms with Gasteiger partial charge in [0.25, 0.3) is 5.91 Å². The number of furan rings is 1. The van der Waals surface area contributed by atoms with Crippen LogP contribution in [-0.4, -0.2) is 17.9 Å². The Morgan fingerprint density at radius 3 is 2.50 bits per heavy atom. The molecule has 0 unspecified atom stereocenters. The van der Waals surface area contributed by atoms with Crippen molar-refractivity contribution in [3.8, 4) is 0 Å². The summed E-state index contributed by atoms with van der Waals surface area (Å²) in [5.74, 6) is 0.875. The van der Waals surface area contributed by atoms with Gasteiger partial charge < -0.3 is 9.73 Å². The first kappa shape index (κ1) is 22.3. The van der Waals surface area contributed by atoms with Crippen molar-refractivity contribution in [2.75, 3.05) is 4.90 Å². The van der Waals surface area contributed by atoms with E-state index in [9.17, 15) is 9.59 Å². The molecule has 5 nitrogen and oxygen atoms in total. The van der Waals surface area contributed by atoms with Gasteiger partial charge in [0.15, 0.2) is 6.04 Å². The first-order chi connectivity index (χ1) is 15.4. The number of nitrogens with zero attached hydrogens (tertiary/aromatic N) is 1. The van der Waals surface area contributed by atoms with E-state index in [1.807, 2.05) is 62.5 Å². The summed E-state index contributed by atoms with van der Waals surface area (Å²) >= 11 is 1.54. The van der Waals surface area contributed by atoms with Gasteiger partial charge in [-0.1, -0.05) is 25.0 Å². The van der Waals surface area contributed by atoms with Crippen LogP contribution in [0.2, 0.25) is 0 Å². The molecule has 0 radical (unpaired) electrons. The highest BCUT2D eigenvalue weighted by Gasteiger charge is 2.36. The lowest BCUT2D eigenvalue weighted by atomic mass is 10.0. The minimum Gasteiger partial charge on any atom is -0.464 e. The summed E-state index contributed by atoms with van der Waals surface area (Å²) in [6.07, 6.45) is 4.42. The van der Waals surface area contributed by atoms with Crippen LogP contribution in [0.15, 0.2) is 52.3 Å². The zero-order valence-electron chi connectivity index (χ0n) is 18.9. The van der Waals surface area contributed by atoms with Crippen molar-refractivity contribution in [3.63, 3.8) is 0 Å². The molecule has 1 saturated carbocycles. The number of anilines is 1. The zero-order chi connectivity index (χ0) is 22.7. The maximum atomic E-state index is 13.7. The summed E-state index contributed by atoms with van der Waals surface area (Å²) in [6.45, 7) is 5.91. The fourth-order valence-electron chi connectivity index (χ4n) is 4.28. The van der Waals surface area contributed by atoms with Gasteiger partial charge in [0, 0.05) is 16.6 Å². The zero-order valence-corrected chi connectivity index (χ0v) is 19.7. The van der Waals surface area contributed by atoms with E-state index in [0.717, 1.165) is 41.7 Å². The molecule has 6 heteroatoms. The number of carbonyl (C=O) groups is 2. The summed E-state index contributed by atoms with van der Waals surface area (Å²) in [4.78, 5) is 29.9. The van der Waals surface area contributed by atoms with Crippen molar-refractivity contribution in [1.82, 2.24) is 5.32 Å². The molecule has 1 N–H and O–H groups in total. The lowest BCUT2D eigenvalue weighted by Gasteiger charge is -2.31. The molecular weight excluding hydrogens is 420 g/mol. The molecule has 2 amide bonds. The van der Waals surface area contributed by atoms with Gasteiger partial charge in [0.05, 0.1) is 6.42 Å². The maximum Gasteiger partial charge on any atom is 0.251 e. The fraction of sp³-hybridized carbons (Fsp3) is 0.385. The van der Waals surface area contributed by atoms with Gasteiger partial charge in [-0.2, -0.15) is 0 Å². The lowest BCUT2D eigenvalue weighted by molar-refractivity contribution is -0.127. The highest BCUT2D eigenvalue weighted by atomic mass is 32.1. The summed E-state index contributed by atoms with van der Waals surface area (Å²) < 4.78 is 5.92. The van der Waals surface area contributed by atoms with Crippen molar-refractivity contribution in [2.45, 2.75) is 65.0 Å². The molecule has 3 aromatic rings. The van der Waals surface area contributed by atoms with Gasteiger partial charge in [-0.15, -0.1) is 11.3 Å². The molecule has 2 aromatic heterocycles. The Bertz CT molecular complexity index is 1080. The molecule has 168 valence electrons. The van der Waals surface area contributed by atoms with E-state index in [-0.39, 0.29) is 24.3 Å². The van der Waals surface area contributed by atoms with Crippen LogP contribution in [0.25, 0.3) is 0 Å². The Morgan fingerprint density at radius 1 is 1.09 bits per heavy atom. The van der Waals surface area contributed by atoms with Crippen molar-refractivity contribution in [1.29, 1.82) is 0 Å². The molecule has 1 fully saturated rings.